The highest BCUT2D eigenvalue weighted by atomic mass is 16.3. The van der Waals surface area contributed by atoms with E-state index in [9.17, 15) is 19.5 Å². The fraction of sp³-hybridized carbons (Fsp3) is 0.107. The quantitative estimate of drug-likeness (QED) is 0.419. The van der Waals surface area contributed by atoms with E-state index in [0.29, 0.717) is 11.4 Å². The van der Waals surface area contributed by atoms with Crippen molar-refractivity contribution in [2.45, 2.75) is 20.8 Å². The Kier molecular flexibility index (Phi) is 6.15. The Balaban J connectivity index is 1.90. The van der Waals surface area contributed by atoms with E-state index >= 15 is 0 Å². The molecule has 0 aliphatic rings. The minimum Gasteiger partial charge on any atom is -0.507 e. The number of nitrogens with zero attached hydrogens (tertiary/aromatic N) is 1. The van der Waals surface area contributed by atoms with Gasteiger partial charge in [-0.05, 0) is 62.2 Å². The average Bonchev–Trinajstić information content (AvgIpc) is 2.82. The number of aryl methyl sites for hydroxylation is 3. The number of nitrogens with one attached hydrogen (secondary N) is 1. The summed E-state index contributed by atoms with van der Waals surface area (Å²) in [7, 11) is 0. The van der Waals surface area contributed by atoms with Crippen molar-refractivity contribution in [1.29, 1.82) is 0 Å². The van der Waals surface area contributed by atoms with Gasteiger partial charge in [-0.15, -0.1) is 0 Å². The summed E-state index contributed by atoms with van der Waals surface area (Å²) >= 11 is 0. The lowest BCUT2D eigenvalue weighted by Crippen LogP contribution is -2.30. The maximum Gasteiger partial charge on any atom is 0.267 e. The molecule has 0 fully saturated rings. The lowest BCUT2D eigenvalue weighted by Gasteiger charge is -2.14. The molecule has 0 saturated carbocycles. The summed E-state index contributed by atoms with van der Waals surface area (Å²) in [4.78, 5) is 40.0. The highest BCUT2D eigenvalue weighted by molar-refractivity contribution is 6.12. The van der Waals surface area contributed by atoms with Gasteiger partial charge in [0.25, 0.3) is 11.5 Å². The molecule has 34 heavy (non-hydrogen) atoms. The molecular weight excluding hydrogens is 428 g/mol. The van der Waals surface area contributed by atoms with Gasteiger partial charge in [-0.2, -0.15) is 0 Å². The smallest absolute Gasteiger partial charge is 0.267 e. The molecule has 0 aliphatic heterocycles. The molecule has 0 radical (unpaired) electrons. The zero-order valence-corrected chi connectivity index (χ0v) is 19.1. The summed E-state index contributed by atoms with van der Waals surface area (Å²) in [6, 6.07) is 20.5. The Morgan fingerprint density at radius 2 is 1.50 bits per heavy atom. The largest absolute Gasteiger partial charge is 0.507 e. The zero-order valence-electron chi connectivity index (χ0n) is 19.1. The van der Waals surface area contributed by atoms with Crippen LogP contribution in [-0.2, 0) is 0 Å². The van der Waals surface area contributed by atoms with Crippen molar-refractivity contribution in [1.82, 2.24) is 4.57 Å². The molecule has 4 rings (SSSR count). The number of rotatable bonds is 5. The van der Waals surface area contributed by atoms with Crippen LogP contribution >= 0.6 is 0 Å². The Labute approximate surface area is 197 Å². The SMILES string of the molecule is Cc1ccc(O)c(C(=O)c2cc(C(=O)Nc3ccccc3C)c(=O)n(-c3ccccc3C)c2)c1. The predicted molar refractivity (Wildman–Crippen MR) is 132 cm³/mol. The number of amides is 1. The first-order valence-corrected chi connectivity index (χ1v) is 10.8. The van der Waals surface area contributed by atoms with Crippen LogP contribution in [0.1, 0.15) is 43.0 Å². The lowest BCUT2D eigenvalue weighted by molar-refractivity contribution is 0.102. The maximum atomic E-state index is 13.4. The highest BCUT2D eigenvalue weighted by Crippen LogP contribution is 2.23. The number of carbonyl (C=O) groups is 2. The third-order valence-electron chi connectivity index (χ3n) is 5.69. The number of aromatic nitrogens is 1. The molecule has 6 nitrogen and oxygen atoms in total. The van der Waals surface area contributed by atoms with Crippen molar-refractivity contribution >= 4 is 17.4 Å². The van der Waals surface area contributed by atoms with E-state index < -0.39 is 17.2 Å². The minimum absolute atomic E-state index is 0.0974. The summed E-state index contributed by atoms with van der Waals surface area (Å²) < 4.78 is 1.31. The molecule has 0 aliphatic carbocycles. The molecular formula is C28H24N2O4. The minimum atomic E-state index is -0.621. The van der Waals surface area contributed by atoms with Gasteiger partial charge in [-0.25, -0.2) is 0 Å². The predicted octanol–water partition coefficient (Wildman–Crippen LogP) is 4.95. The fourth-order valence-electron chi connectivity index (χ4n) is 3.77. The number of phenols is 1. The van der Waals surface area contributed by atoms with Gasteiger partial charge in [0.1, 0.15) is 11.3 Å². The molecule has 0 unspecified atom stereocenters. The first kappa shape index (κ1) is 22.7. The fourth-order valence-corrected chi connectivity index (χ4v) is 3.77. The summed E-state index contributed by atoms with van der Waals surface area (Å²) in [5, 5.41) is 13.1. The van der Waals surface area contributed by atoms with Crippen molar-refractivity contribution in [2.24, 2.45) is 0 Å². The average molecular weight is 453 g/mol. The van der Waals surface area contributed by atoms with Crippen molar-refractivity contribution in [2.75, 3.05) is 5.32 Å². The van der Waals surface area contributed by atoms with Crippen molar-refractivity contribution in [3.8, 4) is 11.4 Å². The van der Waals surface area contributed by atoms with Crippen molar-refractivity contribution < 1.29 is 14.7 Å². The molecule has 0 atom stereocenters. The molecule has 0 saturated heterocycles. The number of phenolic OH excluding ortho intramolecular Hbond substituents is 1. The van der Waals surface area contributed by atoms with Crippen molar-refractivity contribution in [3.05, 3.63) is 123 Å². The maximum absolute atomic E-state index is 13.4. The Hall–Kier alpha value is -4.45. The number of para-hydroxylation sites is 2. The third-order valence-corrected chi connectivity index (χ3v) is 5.69. The number of carbonyl (C=O) groups excluding carboxylic acids is 2. The van der Waals surface area contributed by atoms with E-state index in [2.05, 4.69) is 5.32 Å². The number of aromatic hydroxyl groups is 1. The molecule has 170 valence electrons. The van der Waals surface area contributed by atoms with Gasteiger partial charge in [-0.1, -0.05) is 48.0 Å². The van der Waals surface area contributed by atoms with Crippen LogP contribution in [0.3, 0.4) is 0 Å². The first-order chi connectivity index (χ1) is 16.3. The van der Waals surface area contributed by atoms with Gasteiger partial charge in [0, 0.05) is 17.4 Å². The van der Waals surface area contributed by atoms with Gasteiger partial charge in [0.2, 0.25) is 0 Å². The van der Waals surface area contributed by atoms with Crippen LogP contribution in [0.25, 0.3) is 5.69 Å². The zero-order chi connectivity index (χ0) is 24.4. The topological polar surface area (TPSA) is 88.4 Å². The number of ketones is 1. The second-order valence-electron chi connectivity index (χ2n) is 8.22. The third kappa shape index (κ3) is 4.38. The van der Waals surface area contributed by atoms with E-state index in [1.54, 1.807) is 36.4 Å². The van der Waals surface area contributed by atoms with Gasteiger partial charge >= 0.3 is 0 Å². The second kappa shape index (κ2) is 9.19. The van der Waals surface area contributed by atoms with Crippen LogP contribution in [0, 0.1) is 20.8 Å². The number of benzene rings is 3. The molecule has 1 aromatic heterocycles. The van der Waals surface area contributed by atoms with E-state index in [4.69, 9.17) is 0 Å². The van der Waals surface area contributed by atoms with Gasteiger partial charge in [-0.3, -0.25) is 19.0 Å². The van der Waals surface area contributed by atoms with Crippen LogP contribution in [0.4, 0.5) is 5.69 Å². The van der Waals surface area contributed by atoms with Crippen LogP contribution in [0.2, 0.25) is 0 Å². The molecule has 1 amide bonds. The number of pyridine rings is 1. The van der Waals surface area contributed by atoms with E-state index in [1.165, 1.54) is 22.9 Å². The van der Waals surface area contributed by atoms with Gasteiger partial charge in [0.15, 0.2) is 5.78 Å². The molecule has 2 N–H and O–H groups in total. The Morgan fingerprint density at radius 3 is 2.21 bits per heavy atom. The molecule has 4 aromatic rings. The van der Waals surface area contributed by atoms with Crippen LogP contribution in [0.5, 0.6) is 5.75 Å². The normalized spacial score (nSPS) is 10.7. The Bertz CT molecular complexity index is 1480. The van der Waals surface area contributed by atoms with E-state index in [1.807, 2.05) is 45.0 Å². The van der Waals surface area contributed by atoms with Gasteiger partial charge < -0.3 is 10.4 Å². The van der Waals surface area contributed by atoms with Crippen LogP contribution in [-0.4, -0.2) is 21.4 Å². The number of hydrogen-bond acceptors (Lipinski definition) is 4. The van der Waals surface area contributed by atoms with Gasteiger partial charge in [0.05, 0.1) is 11.3 Å². The van der Waals surface area contributed by atoms with Crippen LogP contribution < -0.4 is 10.9 Å². The molecule has 1 heterocycles. The lowest BCUT2D eigenvalue weighted by atomic mass is 10.00. The Morgan fingerprint density at radius 1 is 0.824 bits per heavy atom. The summed E-state index contributed by atoms with van der Waals surface area (Å²) in [6.07, 6.45) is 1.42. The van der Waals surface area contributed by atoms with Crippen molar-refractivity contribution in [3.63, 3.8) is 0 Å². The molecule has 6 heteroatoms. The number of hydrogen-bond donors (Lipinski definition) is 2. The standard InChI is InChI=1S/C28H24N2O4/c1-17-12-13-25(31)21(14-17)26(32)20-15-22(27(33)29-23-10-6-4-8-18(23)2)28(34)30(16-20)24-11-7-5-9-19(24)3/h4-16,31H,1-3H3,(H,29,33). The highest BCUT2D eigenvalue weighted by Gasteiger charge is 2.22. The first-order valence-electron chi connectivity index (χ1n) is 10.8. The molecule has 0 bridgehead atoms. The summed E-state index contributed by atoms with van der Waals surface area (Å²) in [5.41, 5.74) is 3.05. The van der Waals surface area contributed by atoms with E-state index in [-0.39, 0.29) is 22.4 Å². The summed E-state index contributed by atoms with van der Waals surface area (Å²) in [6.45, 7) is 5.50. The monoisotopic (exact) mass is 452 g/mol. The molecule has 3 aromatic carbocycles. The number of anilines is 1. The van der Waals surface area contributed by atoms with E-state index in [0.717, 1.165) is 16.7 Å². The van der Waals surface area contributed by atoms with Crippen LogP contribution in [0.15, 0.2) is 83.8 Å². The second-order valence-corrected chi connectivity index (χ2v) is 8.22. The summed E-state index contributed by atoms with van der Waals surface area (Å²) in [5.74, 6) is -1.28. The molecule has 0 spiro atoms.